The highest BCUT2D eigenvalue weighted by Gasteiger charge is 2.15. The molecule has 0 atom stereocenters. The normalized spacial score (nSPS) is 10.5. The zero-order valence-electron chi connectivity index (χ0n) is 29.1. The van der Waals surface area contributed by atoms with Crippen molar-refractivity contribution in [1.82, 2.24) is 20.0 Å². The summed E-state index contributed by atoms with van der Waals surface area (Å²) in [4.78, 5) is 27.3. The number of nitrogens with one attached hydrogen (secondary N) is 1. The van der Waals surface area contributed by atoms with E-state index in [-0.39, 0.29) is 16.3 Å². The molecule has 0 aliphatic carbocycles. The first-order valence-electron chi connectivity index (χ1n) is 15.9. The molecule has 0 fully saturated rings. The third-order valence-corrected chi connectivity index (χ3v) is 6.82. The number of hydrogen-bond donors (Lipinski definition) is 1. The van der Waals surface area contributed by atoms with Gasteiger partial charge in [0, 0.05) is 68.1 Å². The van der Waals surface area contributed by atoms with Crippen molar-refractivity contribution in [2.45, 2.75) is 40.8 Å². The van der Waals surface area contributed by atoms with Gasteiger partial charge in [-0.15, -0.1) is 24.8 Å². The predicted octanol–water partition coefficient (Wildman–Crippen LogP) is 6.38. The highest BCUT2D eigenvalue weighted by Crippen LogP contribution is 2.26. The van der Waals surface area contributed by atoms with Gasteiger partial charge in [-0.3, -0.25) is 30.0 Å². The van der Waals surface area contributed by atoms with Gasteiger partial charge in [-0.05, 0) is 52.4 Å². The molecule has 0 spiro atoms. The van der Waals surface area contributed by atoms with Gasteiger partial charge in [-0.25, -0.2) is 0 Å². The number of nitrogens with zero attached hydrogens (tertiary/aromatic N) is 5. The molecule has 1 N–H and O–H groups in total. The third kappa shape index (κ3) is 19.0. The number of rotatable bonds is 21. The molecule has 13 heteroatoms. The van der Waals surface area contributed by atoms with Crippen LogP contribution in [0.1, 0.15) is 38.8 Å². The summed E-state index contributed by atoms with van der Waals surface area (Å²) in [6, 6.07) is 9.35. The molecule has 0 saturated carbocycles. The molecule has 47 heavy (non-hydrogen) atoms. The van der Waals surface area contributed by atoms with Crippen LogP contribution in [0.15, 0.2) is 61.7 Å². The molecule has 0 radical (unpaired) electrons. The average molecular weight is 679 g/mol. The summed E-state index contributed by atoms with van der Waals surface area (Å²) >= 11 is 5.58. The number of ether oxygens (including phenoxy) is 2. The number of non-ortho nitro benzene ring substituents is 2. The molecule has 0 aromatic heterocycles. The summed E-state index contributed by atoms with van der Waals surface area (Å²) in [5.41, 5.74) is 1.73. The number of benzene rings is 2. The molecule has 2 aromatic rings. The molecule has 12 nitrogen and oxygen atoms in total. The zero-order chi connectivity index (χ0) is 35.6. The molecule has 0 heterocycles. The van der Waals surface area contributed by atoms with Gasteiger partial charge in [-0.2, -0.15) is 0 Å². The van der Waals surface area contributed by atoms with Gasteiger partial charge < -0.3 is 19.7 Å². The lowest BCUT2D eigenvalue weighted by molar-refractivity contribution is -0.385. The molecule has 0 aliphatic rings. The molecular formula is C34H55ClN6O6. The van der Waals surface area contributed by atoms with Gasteiger partial charge in [0.1, 0.15) is 24.7 Å². The van der Waals surface area contributed by atoms with Crippen molar-refractivity contribution < 1.29 is 19.3 Å². The second-order valence-corrected chi connectivity index (χ2v) is 10.8. The lowest BCUT2D eigenvalue weighted by Crippen LogP contribution is -2.28. The second-order valence-electron chi connectivity index (χ2n) is 10.4. The van der Waals surface area contributed by atoms with Crippen LogP contribution in [0.2, 0.25) is 0 Å². The fourth-order valence-electron chi connectivity index (χ4n) is 4.26. The van der Waals surface area contributed by atoms with Crippen LogP contribution >= 0.6 is 11.6 Å². The fraction of sp³-hybridized carbons (Fsp3) is 0.529. The van der Waals surface area contributed by atoms with E-state index in [2.05, 4.69) is 51.1 Å². The van der Waals surface area contributed by atoms with Crippen molar-refractivity contribution in [1.29, 1.82) is 0 Å². The Bertz CT molecular complexity index is 1200. The fourth-order valence-corrected chi connectivity index (χ4v) is 4.34. The van der Waals surface area contributed by atoms with Crippen LogP contribution in [0.25, 0.3) is 0 Å². The largest absolute Gasteiger partial charge is 0.492 e. The Morgan fingerprint density at radius 2 is 1.21 bits per heavy atom. The zero-order valence-corrected chi connectivity index (χ0v) is 29.8. The quantitative estimate of drug-likeness (QED) is 0.0688. The monoisotopic (exact) mass is 678 g/mol. The van der Waals surface area contributed by atoms with Crippen molar-refractivity contribution in [3.05, 3.63) is 93.1 Å². The van der Waals surface area contributed by atoms with Crippen LogP contribution in [0.3, 0.4) is 0 Å². The first-order chi connectivity index (χ1) is 22.5. The summed E-state index contributed by atoms with van der Waals surface area (Å²) in [6.07, 6.45) is 3.58. The number of nitro groups is 2. The van der Waals surface area contributed by atoms with E-state index >= 15 is 0 Å². The first-order valence-corrected chi connectivity index (χ1v) is 16.4. The standard InChI is InChI=1S/C17H27N3O3.C13H17ClN2O3.C4H11N/c1-5-10-18(4)14-15-13-16(20(21)22)8-9-17(15)23-12-11-19(6-2)7-3;1-3-7-15(2)10-11-9-12(16(17)18)4-5-13(11)19-8-6-14;1-3-5-4-2/h5,8-9,13H,1,6-7,10-12,14H2,2-4H3;3-5,9H,1,6-8,10H2,2H3;5H,3-4H2,1-2H3. The Labute approximate surface area is 286 Å². The van der Waals surface area contributed by atoms with Crippen LogP contribution in [0.5, 0.6) is 11.5 Å². The maximum atomic E-state index is 11.0. The maximum Gasteiger partial charge on any atom is 0.270 e. The predicted molar refractivity (Wildman–Crippen MR) is 193 cm³/mol. The SMILES string of the molecule is C=CCN(C)Cc1cc([N+](=O)[O-])ccc1OCCCl.C=CCN(C)Cc1cc([N+](=O)[O-])ccc1OCCN(CC)CC.CCNCC. The number of likely N-dealkylation sites (N-methyl/N-ethyl adjacent to an activating group) is 3. The van der Waals surface area contributed by atoms with Crippen LogP contribution < -0.4 is 14.8 Å². The van der Waals surface area contributed by atoms with Crippen molar-refractivity contribution in [2.75, 3.05) is 79.0 Å². The molecular weight excluding hydrogens is 624 g/mol. The minimum atomic E-state index is -0.414. The van der Waals surface area contributed by atoms with E-state index in [1.54, 1.807) is 30.4 Å². The van der Waals surface area contributed by atoms with Gasteiger partial charge >= 0.3 is 0 Å². The molecule has 2 rings (SSSR count). The lowest BCUT2D eigenvalue weighted by atomic mass is 10.1. The number of nitro benzene ring substituents is 2. The Kier molecular flexibility index (Phi) is 24.5. The Balaban J connectivity index is 0.000000797. The summed E-state index contributed by atoms with van der Waals surface area (Å²) in [7, 11) is 3.85. The van der Waals surface area contributed by atoms with Gasteiger partial charge in [0.2, 0.25) is 0 Å². The summed E-state index contributed by atoms with van der Waals surface area (Å²) in [5.74, 6) is 1.71. The summed E-state index contributed by atoms with van der Waals surface area (Å²) < 4.78 is 11.4. The smallest absolute Gasteiger partial charge is 0.270 e. The molecule has 264 valence electrons. The highest BCUT2D eigenvalue weighted by molar-refractivity contribution is 6.18. The van der Waals surface area contributed by atoms with E-state index in [1.807, 2.05) is 23.9 Å². The third-order valence-electron chi connectivity index (χ3n) is 6.67. The minimum Gasteiger partial charge on any atom is -0.492 e. The lowest BCUT2D eigenvalue weighted by Gasteiger charge is -2.20. The van der Waals surface area contributed by atoms with E-state index in [4.69, 9.17) is 21.1 Å². The minimum absolute atomic E-state index is 0.0558. The van der Waals surface area contributed by atoms with Crippen LogP contribution in [-0.4, -0.2) is 104 Å². The molecule has 2 aromatic carbocycles. The van der Waals surface area contributed by atoms with Crippen LogP contribution in [-0.2, 0) is 13.1 Å². The van der Waals surface area contributed by atoms with E-state index in [0.717, 1.165) is 43.9 Å². The highest BCUT2D eigenvalue weighted by atomic mass is 35.5. The second kappa shape index (κ2) is 26.5. The molecule has 0 saturated heterocycles. The van der Waals surface area contributed by atoms with E-state index in [1.165, 1.54) is 18.2 Å². The van der Waals surface area contributed by atoms with Gasteiger partial charge in [0.15, 0.2) is 0 Å². The Morgan fingerprint density at radius 3 is 1.53 bits per heavy atom. The average Bonchev–Trinajstić information content (AvgIpc) is 3.04. The van der Waals surface area contributed by atoms with Crippen LogP contribution in [0.4, 0.5) is 11.4 Å². The van der Waals surface area contributed by atoms with Crippen LogP contribution in [0, 0.1) is 20.2 Å². The van der Waals surface area contributed by atoms with Crippen molar-refractivity contribution >= 4 is 23.0 Å². The number of halogens is 1. The van der Waals surface area contributed by atoms with Gasteiger partial charge in [-0.1, -0.05) is 39.8 Å². The van der Waals surface area contributed by atoms with E-state index < -0.39 is 4.92 Å². The Morgan fingerprint density at radius 1 is 0.787 bits per heavy atom. The number of alkyl halides is 1. The number of hydrogen-bond acceptors (Lipinski definition) is 10. The maximum absolute atomic E-state index is 11.0. The molecule has 0 aliphatic heterocycles. The van der Waals surface area contributed by atoms with E-state index in [9.17, 15) is 20.2 Å². The van der Waals surface area contributed by atoms with Crippen molar-refractivity contribution in [3.63, 3.8) is 0 Å². The molecule has 0 bridgehead atoms. The van der Waals surface area contributed by atoms with E-state index in [0.29, 0.717) is 56.8 Å². The Hall–Kier alpha value is -3.55. The van der Waals surface area contributed by atoms with Gasteiger partial charge in [0.05, 0.1) is 15.7 Å². The van der Waals surface area contributed by atoms with Crippen molar-refractivity contribution in [2.24, 2.45) is 0 Å². The first kappa shape index (κ1) is 43.5. The van der Waals surface area contributed by atoms with Gasteiger partial charge in [0.25, 0.3) is 11.4 Å². The van der Waals surface area contributed by atoms with Crippen molar-refractivity contribution in [3.8, 4) is 11.5 Å². The summed E-state index contributed by atoms with van der Waals surface area (Å²) in [5, 5.41) is 24.9. The summed E-state index contributed by atoms with van der Waals surface area (Å²) in [6.45, 7) is 24.3. The molecule has 0 amide bonds. The molecule has 0 unspecified atom stereocenters. The topological polar surface area (TPSA) is 126 Å².